The van der Waals surface area contributed by atoms with Crippen molar-refractivity contribution < 1.29 is 0 Å². The SMILES string of the molecule is Cc1cccc(-c2nc(N)n[nH]2)c1Br. The van der Waals surface area contributed by atoms with Crippen LogP contribution < -0.4 is 5.73 Å². The summed E-state index contributed by atoms with van der Waals surface area (Å²) in [5.41, 5.74) is 7.55. The number of halogens is 1. The number of aryl methyl sites for hydroxylation is 1. The molecule has 0 atom stereocenters. The topological polar surface area (TPSA) is 67.6 Å². The van der Waals surface area contributed by atoms with Gasteiger partial charge in [-0.1, -0.05) is 18.2 Å². The number of rotatable bonds is 1. The number of aromatic nitrogens is 3. The molecule has 1 aromatic carbocycles. The van der Waals surface area contributed by atoms with Gasteiger partial charge in [0, 0.05) is 10.0 Å². The Bertz CT molecular complexity index is 464. The molecule has 0 aliphatic heterocycles. The third kappa shape index (κ3) is 1.50. The van der Waals surface area contributed by atoms with Crippen LogP contribution in [0.25, 0.3) is 11.4 Å². The van der Waals surface area contributed by atoms with Crippen molar-refractivity contribution in [2.75, 3.05) is 5.73 Å². The summed E-state index contributed by atoms with van der Waals surface area (Å²) in [5, 5.41) is 6.56. The van der Waals surface area contributed by atoms with Crippen molar-refractivity contribution in [1.82, 2.24) is 15.2 Å². The first-order chi connectivity index (χ1) is 6.68. The van der Waals surface area contributed by atoms with E-state index in [2.05, 4.69) is 31.1 Å². The monoisotopic (exact) mass is 252 g/mol. The molecule has 0 aliphatic rings. The number of H-pyrrole nitrogens is 1. The van der Waals surface area contributed by atoms with Crippen molar-refractivity contribution in [3.8, 4) is 11.4 Å². The number of nitrogens with zero attached hydrogens (tertiary/aromatic N) is 2. The third-order valence-corrected chi connectivity index (χ3v) is 3.00. The van der Waals surface area contributed by atoms with Gasteiger partial charge in [-0.2, -0.15) is 4.98 Å². The highest BCUT2D eigenvalue weighted by molar-refractivity contribution is 9.10. The molecule has 0 fully saturated rings. The van der Waals surface area contributed by atoms with Gasteiger partial charge in [-0.3, -0.25) is 5.10 Å². The van der Waals surface area contributed by atoms with Gasteiger partial charge in [0.1, 0.15) is 0 Å². The summed E-state index contributed by atoms with van der Waals surface area (Å²) < 4.78 is 1.01. The summed E-state index contributed by atoms with van der Waals surface area (Å²) in [6.07, 6.45) is 0. The zero-order valence-electron chi connectivity index (χ0n) is 7.58. The van der Waals surface area contributed by atoms with Gasteiger partial charge in [-0.05, 0) is 28.4 Å². The van der Waals surface area contributed by atoms with E-state index < -0.39 is 0 Å². The largest absolute Gasteiger partial charge is 0.366 e. The highest BCUT2D eigenvalue weighted by Crippen LogP contribution is 2.28. The Morgan fingerprint density at radius 3 is 2.86 bits per heavy atom. The number of benzene rings is 1. The minimum atomic E-state index is 0.258. The molecule has 2 rings (SSSR count). The Balaban J connectivity index is 2.57. The molecular weight excluding hydrogens is 244 g/mol. The fourth-order valence-electron chi connectivity index (χ4n) is 1.23. The van der Waals surface area contributed by atoms with Gasteiger partial charge in [0.25, 0.3) is 0 Å². The molecule has 2 aromatic rings. The van der Waals surface area contributed by atoms with E-state index in [1.165, 1.54) is 0 Å². The second-order valence-electron chi connectivity index (χ2n) is 2.98. The maximum atomic E-state index is 5.44. The zero-order valence-corrected chi connectivity index (χ0v) is 9.17. The second kappa shape index (κ2) is 3.42. The molecule has 0 saturated heterocycles. The highest BCUT2D eigenvalue weighted by atomic mass is 79.9. The molecule has 1 aromatic heterocycles. The summed E-state index contributed by atoms with van der Waals surface area (Å²) in [5.74, 6) is 0.937. The first-order valence-corrected chi connectivity index (χ1v) is 4.91. The lowest BCUT2D eigenvalue weighted by Crippen LogP contribution is -1.87. The Kier molecular flexibility index (Phi) is 2.25. The molecular formula is C9H9BrN4. The Morgan fingerprint density at radius 1 is 1.43 bits per heavy atom. The Hall–Kier alpha value is -1.36. The van der Waals surface area contributed by atoms with Crippen LogP contribution >= 0.6 is 15.9 Å². The fourth-order valence-corrected chi connectivity index (χ4v) is 1.68. The lowest BCUT2D eigenvalue weighted by molar-refractivity contribution is 1.10. The molecule has 0 amide bonds. The van der Waals surface area contributed by atoms with E-state index in [-0.39, 0.29) is 5.95 Å². The van der Waals surface area contributed by atoms with E-state index >= 15 is 0 Å². The molecule has 0 radical (unpaired) electrons. The molecule has 0 bridgehead atoms. The van der Waals surface area contributed by atoms with E-state index in [0.717, 1.165) is 15.6 Å². The van der Waals surface area contributed by atoms with Crippen LogP contribution in [0.2, 0.25) is 0 Å². The molecule has 14 heavy (non-hydrogen) atoms. The minimum absolute atomic E-state index is 0.258. The molecule has 5 heteroatoms. The molecule has 0 spiro atoms. The van der Waals surface area contributed by atoms with Gasteiger partial charge < -0.3 is 5.73 Å². The zero-order chi connectivity index (χ0) is 10.1. The van der Waals surface area contributed by atoms with Crippen LogP contribution in [0.5, 0.6) is 0 Å². The fraction of sp³-hybridized carbons (Fsp3) is 0.111. The molecule has 3 N–H and O–H groups in total. The van der Waals surface area contributed by atoms with Crippen molar-refractivity contribution in [3.05, 3.63) is 28.2 Å². The van der Waals surface area contributed by atoms with Crippen LogP contribution in [0, 0.1) is 6.92 Å². The number of aromatic amines is 1. The smallest absolute Gasteiger partial charge is 0.239 e. The number of anilines is 1. The Morgan fingerprint density at radius 2 is 2.21 bits per heavy atom. The first kappa shape index (κ1) is 9.21. The molecule has 4 nitrogen and oxygen atoms in total. The van der Waals surface area contributed by atoms with E-state index in [9.17, 15) is 0 Å². The summed E-state index contributed by atoms with van der Waals surface area (Å²) in [6, 6.07) is 5.94. The van der Waals surface area contributed by atoms with Gasteiger partial charge in [0.05, 0.1) is 0 Å². The second-order valence-corrected chi connectivity index (χ2v) is 3.77. The standard InChI is InChI=1S/C9H9BrN4/c1-5-3-2-4-6(7(5)10)8-12-9(11)14-13-8/h2-4H,1H3,(H3,11,12,13,14). The average Bonchev–Trinajstić information content (AvgIpc) is 2.57. The van der Waals surface area contributed by atoms with Crippen LogP contribution in [0.15, 0.2) is 22.7 Å². The molecule has 0 saturated carbocycles. The van der Waals surface area contributed by atoms with Crippen LogP contribution in [-0.4, -0.2) is 15.2 Å². The average molecular weight is 253 g/mol. The van der Waals surface area contributed by atoms with Crippen LogP contribution in [0.1, 0.15) is 5.56 Å². The number of hydrogen-bond donors (Lipinski definition) is 2. The molecule has 0 aliphatic carbocycles. The quantitative estimate of drug-likeness (QED) is 0.817. The van der Waals surface area contributed by atoms with Crippen molar-refractivity contribution in [2.24, 2.45) is 0 Å². The van der Waals surface area contributed by atoms with Crippen molar-refractivity contribution in [2.45, 2.75) is 6.92 Å². The first-order valence-electron chi connectivity index (χ1n) is 4.12. The van der Waals surface area contributed by atoms with E-state index in [4.69, 9.17) is 5.73 Å². The van der Waals surface area contributed by atoms with Crippen molar-refractivity contribution >= 4 is 21.9 Å². The van der Waals surface area contributed by atoms with Crippen LogP contribution in [0.3, 0.4) is 0 Å². The molecule has 0 unspecified atom stereocenters. The van der Waals surface area contributed by atoms with Crippen molar-refractivity contribution in [3.63, 3.8) is 0 Å². The van der Waals surface area contributed by atoms with Crippen LogP contribution in [0.4, 0.5) is 5.95 Å². The highest BCUT2D eigenvalue weighted by Gasteiger charge is 2.08. The van der Waals surface area contributed by atoms with Gasteiger partial charge in [0.15, 0.2) is 5.82 Å². The maximum absolute atomic E-state index is 5.44. The van der Waals surface area contributed by atoms with E-state index in [1.807, 2.05) is 25.1 Å². The van der Waals surface area contributed by atoms with E-state index in [1.54, 1.807) is 0 Å². The van der Waals surface area contributed by atoms with Gasteiger partial charge in [-0.25, -0.2) is 0 Å². The summed E-state index contributed by atoms with van der Waals surface area (Å²) in [4.78, 5) is 4.06. The predicted molar refractivity (Wildman–Crippen MR) is 58.7 cm³/mol. The van der Waals surface area contributed by atoms with Gasteiger partial charge >= 0.3 is 0 Å². The lowest BCUT2D eigenvalue weighted by atomic mass is 10.1. The molecule has 72 valence electrons. The summed E-state index contributed by atoms with van der Waals surface area (Å²) >= 11 is 3.50. The summed E-state index contributed by atoms with van der Waals surface area (Å²) in [6.45, 7) is 2.02. The minimum Gasteiger partial charge on any atom is -0.366 e. The van der Waals surface area contributed by atoms with E-state index in [0.29, 0.717) is 5.82 Å². The molecule has 1 heterocycles. The van der Waals surface area contributed by atoms with Crippen molar-refractivity contribution in [1.29, 1.82) is 0 Å². The summed E-state index contributed by atoms with van der Waals surface area (Å²) in [7, 11) is 0. The predicted octanol–water partition coefficient (Wildman–Crippen LogP) is 2.12. The van der Waals surface area contributed by atoms with Crippen LogP contribution in [-0.2, 0) is 0 Å². The van der Waals surface area contributed by atoms with Gasteiger partial charge in [0.2, 0.25) is 5.95 Å². The number of nitrogens with two attached hydrogens (primary N) is 1. The number of nitrogen functional groups attached to an aromatic ring is 1. The van der Waals surface area contributed by atoms with Gasteiger partial charge in [-0.15, -0.1) is 5.10 Å². The third-order valence-electron chi connectivity index (χ3n) is 1.95. The lowest BCUT2D eigenvalue weighted by Gasteiger charge is -2.02. The number of nitrogens with one attached hydrogen (secondary N) is 1. The maximum Gasteiger partial charge on any atom is 0.239 e. The Labute approximate surface area is 89.7 Å². The normalized spacial score (nSPS) is 10.4. The number of hydrogen-bond acceptors (Lipinski definition) is 3.